The minimum Gasteiger partial charge on any atom is -0.382 e. The Hall–Kier alpha value is -2.73. The maximum absolute atomic E-state index is 12.8. The highest BCUT2D eigenvalue weighted by Gasteiger charge is 2.15. The molecule has 6 heteroatoms. The fraction of sp³-hybridized carbons (Fsp3) is 0.350. The highest BCUT2D eigenvalue weighted by Crippen LogP contribution is 2.26. The predicted molar refractivity (Wildman–Crippen MR) is 102 cm³/mol. The molecule has 0 saturated heterocycles. The van der Waals surface area contributed by atoms with Crippen molar-refractivity contribution in [2.75, 3.05) is 19.8 Å². The average molecular weight is 352 g/mol. The van der Waals surface area contributed by atoms with E-state index in [2.05, 4.69) is 10.4 Å². The Morgan fingerprint density at radius 1 is 1.31 bits per heavy atom. The van der Waals surface area contributed by atoms with E-state index >= 15 is 0 Å². The topological polar surface area (TPSA) is 69.0 Å². The van der Waals surface area contributed by atoms with Crippen LogP contribution >= 0.6 is 0 Å². The first kappa shape index (κ1) is 18.1. The Morgan fingerprint density at radius 3 is 2.85 bits per heavy atom. The summed E-state index contributed by atoms with van der Waals surface area (Å²) in [6.45, 7) is 5.87. The third kappa shape index (κ3) is 3.75. The lowest BCUT2D eigenvalue weighted by atomic mass is 10.0. The lowest BCUT2D eigenvalue weighted by Crippen LogP contribution is -2.25. The number of carbonyl (C=O) groups excluding carboxylic acids is 1. The van der Waals surface area contributed by atoms with Gasteiger partial charge in [0.25, 0.3) is 5.91 Å². The third-order valence-corrected chi connectivity index (χ3v) is 4.43. The molecular weight excluding hydrogens is 328 g/mol. The second-order valence-corrected chi connectivity index (χ2v) is 6.15. The van der Waals surface area contributed by atoms with Crippen molar-refractivity contribution in [3.8, 4) is 11.3 Å². The molecule has 0 bridgehead atoms. The molecule has 1 aromatic carbocycles. The number of amides is 1. The number of fused-ring (bicyclic) bond motifs is 1. The first-order valence-electron chi connectivity index (χ1n) is 8.86. The normalized spacial score (nSPS) is 11.0. The van der Waals surface area contributed by atoms with Crippen LogP contribution < -0.4 is 5.32 Å². The van der Waals surface area contributed by atoms with E-state index in [1.165, 1.54) is 0 Å². The molecule has 0 atom stereocenters. The van der Waals surface area contributed by atoms with Gasteiger partial charge in [-0.25, -0.2) is 4.98 Å². The molecule has 0 aliphatic rings. The van der Waals surface area contributed by atoms with Crippen molar-refractivity contribution >= 4 is 16.8 Å². The van der Waals surface area contributed by atoms with E-state index in [9.17, 15) is 4.79 Å². The molecule has 6 nitrogen and oxygen atoms in total. The first-order chi connectivity index (χ1) is 12.6. The van der Waals surface area contributed by atoms with Crippen LogP contribution in [0.15, 0.2) is 36.5 Å². The van der Waals surface area contributed by atoms with Gasteiger partial charge in [-0.2, -0.15) is 5.10 Å². The number of carbonyl (C=O) groups is 1. The summed E-state index contributed by atoms with van der Waals surface area (Å²) in [6.07, 6.45) is 2.58. The van der Waals surface area contributed by atoms with Gasteiger partial charge in [0.2, 0.25) is 0 Å². The molecule has 0 saturated carbocycles. The van der Waals surface area contributed by atoms with Gasteiger partial charge in [0.15, 0.2) is 0 Å². The second kappa shape index (κ2) is 8.10. The Morgan fingerprint density at radius 2 is 2.12 bits per heavy atom. The Bertz CT molecular complexity index is 917. The van der Waals surface area contributed by atoms with Crippen molar-refractivity contribution in [3.63, 3.8) is 0 Å². The van der Waals surface area contributed by atoms with Gasteiger partial charge in [-0.1, -0.05) is 18.2 Å². The molecule has 2 aromatic heterocycles. The van der Waals surface area contributed by atoms with Crippen LogP contribution in [-0.4, -0.2) is 40.4 Å². The number of pyridine rings is 1. The first-order valence-corrected chi connectivity index (χ1v) is 8.86. The third-order valence-electron chi connectivity index (χ3n) is 4.43. The standard InChI is InChI=1S/C20H24N4O2/c1-4-26-11-7-10-21-20(25)16-12-19(17-13-22-24(3)14(17)2)23-18-9-6-5-8-15(16)18/h5-6,8-9,12-13H,4,7,10-11H2,1-3H3,(H,21,25). The SMILES string of the molecule is CCOCCCNC(=O)c1cc(-c2cnn(C)c2C)nc2ccccc12. The van der Waals surface area contributed by atoms with Crippen molar-refractivity contribution < 1.29 is 9.53 Å². The Kier molecular flexibility index (Phi) is 5.63. The van der Waals surface area contributed by atoms with E-state index < -0.39 is 0 Å². The monoisotopic (exact) mass is 352 g/mol. The number of rotatable bonds is 7. The number of ether oxygens (including phenoxy) is 1. The zero-order valence-electron chi connectivity index (χ0n) is 15.5. The molecule has 0 radical (unpaired) electrons. The molecule has 3 rings (SSSR count). The average Bonchev–Trinajstić information content (AvgIpc) is 2.99. The van der Waals surface area contributed by atoms with Gasteiger partial charge in [-0.3, -0.25) is 9.48 Å². The maximum atomic E-state index is 12.8. The van der Waals surface area contributed by atoms with E-state index in [0.717, 1.165) is 34.3 Å². The minimum atomic E-state index is -0.0945. The number of para-hydroxylation sites is 1. The van der Waals surface area contributed by atoms with Gasteiger partial charge in [0.1, 0.15) is 0 Å². The number of nitrogens with zero attached hydrogens (tertiary/aromatic N) is 3. The van der Waals surface area contributed by atoms with Crippen LogP contribution in [0.2, 0.25) is 0 Å². The van der Waals surface area contributed by atoms with Gasteiger partial charge in [0, 0.05) is 43.4 Å². The lowest BCUT2D eigenvalue weighted by molar-refractivity contribution is 0.0946. The highest BCUT2D eigenvalue weighted by molar-refractivity contribution is 6.07. The van der Waals surface area contributed by atoms with Gasteiger partial charge in [-0.05, 0) is 32.4 Å². The summed E-state index contributed by atoms with van der Waals surface area (Å²) >= 11 is 0. The van der Waals surface area contributed by atoms with Crippen LogP contribution in [0.3, 0.4) is 0 Å². The summed E-state index contributed by atoms with van der Waals surface area (Å²) in [5.74, 6) is -0.0945. The van der Waals surface area contributed by atoms with Crippen LogP contribution in [-0.2, 0) is 11.8 Å². The van der Waals surface area contributed by atoms with E-state index in [-0.39, 0.29) is 5.91 Å². The largest absolute Gasteiger partial charge is 0.382 e. The van der Waals surface area contributed by atoms with Crippen molar-refractivity contribution in [1.29, 1.82) is 0 Å². The molecule has 1 N–H and O–H groups in total. The lowest BCUT2D eigenvalue weighted by Gasteiger charge is -2.10. The highest BCUT2D eigenvalue weighted by atomic mass is 16.5. The van der Waals surface area contributed by atoms with Crippen molar-refractivity contribution in [2.24, 2.45) is 7.05 Å². The molecule has 136 valence electrons. The zero-order chi connectivity index (χ0) is 18.5. The fourth-order valence-corrected chi connectivity index (χ4v) is 2.87. The fourth-order valence-electron chi connectivity index (χ4n) is 2.87. The molecule has 3 aromatic rings. The molecule has 1 amide bonds. The van der Waals surface area contributed by atoms with Crippen LogP contribution in [0.4, 0.5) is 0 Å². The number of aryl methyl sites for hydroxylation is 1. The molecule has 0 fully saturated rings. The Labute approximate surface area is 153 Å². The Balaban J connectivity index is 1.93. The summed E-state index contributed by atoms with van der Waals surface area (Å²) < 4.78 is 7.12. The van der Waals surface area contributed by atoms with Crippen LogP contribution in [0.25, 0.3) is 22.2 Å². The summed E-state index contributed by atoms with van der Waals surface area (Å²) in [5, 5.41) is 8.12. The number of aromatic nitrogens is 3. The predicted octanol–water partition coefficient (Wildman–Crippen LogP) is 3.10. The summed E-state index contributed by atoms with van der Waals surface area (Å²) in [4.78, 5) is 17.5. The van der Waals surface area contributed by atoms with Crippen LogP contribution in [0.5, 0.6) is 0 Å². The van der Waals surface area contributed by atoms with E-state index in [1.54, 1.807) is 10.9 Å². The molecule has 0 aliphatic carbocycles. The molecule has 2 heterocycles. The smallest absolute Gasteiger partial charge is 0.252 e. The number of nitrogens with one attached hydrogen (secondary N) is 1. The van der Waals surface area contributed by atoms with Gasteiger partial charge in [-0.15, -0.1) is 0 Å². The molecule has 26 heavy (non-hydrogen) atoms. The van der Waals surface area contributed by atoms with Gasteiger partial charge < -0.3 is 10.1 Å². The summed E-state index contributed by atoms with van der Waals surface area (Å²) in [7, 11) is 1.89. The minimum absolute atomic E-state index is 0.0945. The van der Waals surface area contributed by atoms with Crippen LogP contribution in [0, 0.1) is 6.92 Å². The van der Waals surface area contributed by atoms with Crippen molar-refractivity contribution in [3.05, 3.63) is 47.8 Å². The van der Waals surface area contributed by atoms with E-state index in [1.807, 2.05) is 51.2 Å². The summed E-state index contributed by atoms with van der Waals surface area (Å²) in [5.41, 5.74) is 4.13. The zero-order valence-corrected chi connectivity index (χ0v) is 15.5. The molecule has 0 unspecified atom stereocenters. The maximum Gasteiger partial charge on any atom is 0.252 e. The molecule has 0 spiro atoms. The summed E-state index contributed by atoms with van der Waals surface area (Å²) in [6, 6.07) is 9.56. The molecular formula is C20H24N4O2. The number of hydrogen-bond acceptors (Lipinski definition) is 4. The molecule has 0 aliphatic heterocycles. The van der Waals surface area contributed by atoms with Gasteiger partial charge >= 0.3 is 0 Å². The van der Waals surface area contributed by atoms with E-state index in [0.29, 0.717) is 25.3 Å². The van der Waals surface area contributed by atoms with Gasteiger partial charge in [0.05, 0.1) is 23.0 Å². The number of benzene rings is 1. The number of hydrogen-bond donors (Lipinski definition) is 1. The van der Waals surface area contributed by atoms with Crippen molar-refractivity contribution in [2.45, 2.75) is 20.3 Å². The van der Waals surface area contributed by atoms with Crippen LogP contribution in [0.1, 0.15) is 29.4 Å². The van der Waals surface area contributed by atoms with Crippen molar-refractivity contribution in [1.82, 2.24) is 20.1 Å². The quantitative estimate of drug-likeness (QED) is 0.664. The second-order valence-electron chi connectivity index (χ2n) is 6.15. The van der Waals surface area contributed by atoms with E-state index in [4.69, 9.17) is 9.72 Å².